The molecule has 2 aromatic rings. The molecule has 1 fully saturated rings. The minimum atomic E-state index is -3.89. The third kappa shape index (κ3) is 5.12. The molecular weight excluding hydrogens is 394 g/mol. The lowest BCUT2D eigenvalue weighted by Crippen LogP contribution is -2.41. The Morgan fingerprint density at radius 2 is 1.62 bits per heavy atom. The van der Waals surface area contributed by atoms with E-state index in [1.54, 1.807) is 42.2 Å². The Balaban J connectivity index is 1.81. The van der Waals surface area contributed by atoms with Crippen LogP contribution in [0.5, 0.6) is 0 Å². The van der Waals surface area contributed by atoms with E-state index in [0.717, 1.165) is 0 Å². The largest absolute Gasteiger partial charge is 0.378 e. The average Bonchev–Trinajstić information content (AvgIpc) is 2.69. The number of rotatable bonds is 5. The predicted molar refractivity (Wildman–Crippen MR) is 109 cm³/mol. The fourth-order valence-corrected chi connectivity index (χ4v) is 4.06. The van der Waals surface area contributed by atoms with Gasteiger partial charge >= 0.3 is 0 Å². The van der Waals surface area contributed by atoms with Crippen LogP contribution >= 0.6 is 0 Å². The lowest BCUT2D eigenvalue weighted by atomic mass is 10.1. The molecule has 8 nitrogen and oxygen atoms in total. The van der Waals surface area contributed by atoms with Crippen molar-refractivity contribution in [2.24, 2.45) is 0 Å². The fourth-order valence-electron chi connectivity index (χ4n) is 2.97. The van der Waals surface area contributed by atoms with E-state index in [2.05, 4.69) is 10.0 Å². The van der Waals surface area contributed by atoms with Crippen molar-refractivity contribution in [1.29, 1.82) is 0 Å². The third-order valence-corrected chi connectivity index (χ3v) is 5.88. The molecule has 0 atom stereocenters. The van der Waals surface area contributed by atoms with Crippen LogP contribution in [0.25, 0.3) is 0 Å². The maximum absolute atomic E-state index is 12.8. The van der Waals surface area contributed by atoms with E-state index in [1.165, 1.54) is 19.1 Å². The quantitative estimate of drug-likeness (QED) is 0.776. The summed E-state index contributed by atoms with van der Waals surface area (Å²) in [5.74, 6) is -0.419. The molecule has 154 valence electrons. The third-order valence-electron chi connectivity index (χ3n) is 4.51. The van der Waals surface area contributed by atoms with Gasteiger partial charge in [0, 0.05) is 37.0 Å². The van der Waals surface area contributed by atoms with Gasteiger partial charge in [-0.1, -0.05) is 6.07 Å². The second-order valence-corrected chi connectivity index (χ2v) is 8.43. The number of benzene rings is 2. The highest BCUT2D eigenvalue weighted by Gasteiger charge is 2.23. The van der Waals surface area contributed by atoms with E-state index >= 15 is 0 Å². The van der Waals surface area contributed by atoms with Crippen molar-refractivity contribution < 1.29 is 22.7 Å². The van der Waals surface area contributed by atoms with Gasteiger partial charge in [0.15, 0.2) is 0 Å². The number of anilines is 2. The molecule has 2 aromatic carbocycles. The van der Waals surface area contributed by atoms with Gasteiger partial charge < -0.3 is 15.0 Å². The van der Waals surface area contributed by atoms with Crippen LogP contribution in [0.1, 0.15) is 22.8 Å². The Hall–Kier alpha value is -2.91. The van der Waals surface area contributed by atoms with E-state index in [0.29, 0.717) is 48.8 Å². The first-order chi connectivity index (χ1) is 13.8. The zero-order valence-electron chi connectivity index (χ0n) is 16.3. The number of amides is 2. The topological polar surface area (TPSA) is 105 Å². The van der Waals surface area contributed by atoms with Crippen LogP contribution in [-0.2, 0) is 19.6 Å². The first kappa shape index (κ1) is 20.8. The summed E-state index contributed by atoms with van der Waals surface area (Å²) in [6.45, 7) is 5.07. The summed E-state index contributed by atoms with van der Waals surface area (Å²) in [6, 6.07) is 10.8. The minimum absolute atomic E-state index is 0.00523. The molecule has 2 amide bonds. The Kier molecular flexibility index (Phi) is 6.19. The van der Waals surface area contributed by atoms with Crippen molar-refractivity contribution >= 4 is 33.2 Å². The molecule has 0 aromatic heterocycles. The Labute approximate surface area is 169 Å². The summed E-state index contributed by atoms with van der Waals surface area (Å²) in [5, 5.41) is 2.62. The zero-order valence-corrected chi connectivity index (χ0v) is 17.1. The van der Waals surface area contributed by atoms with E-state index in [1.807, 2.05) is 0 Å². The van der Waals surface area contributed by atoms with Gasteiger partial charge in [-0.05, 0) is 48.9 Å². The van der Waals surface area contributed by atoms with Crippen molar-refractivity contribution in [2.45, 2.75) is 18.7 Å². The Morgan fingerprint density at radius 1 is 1.00 bits per heavy atom. The molecule has 3 rings (SSSR count). The minimum Gasteiger partial charge on any atom is -0.378 e. The molecule has 0 saturated carbocycles. The molecule has 0 radical (unpaired) electrons. The number of nitrogens with zero attached hydrogens (tertiary/aromatic N) is 1. The van der Waals surface area contributed by atoms with Gasteiger partial charge in [0.05, 0.1) is 18.1 Å². The molecule has 1 saturated heterocycles. The lowest BCUT2D eigenvalue weighted by molar-refractivity contribution is -0.114. The SMILES string of the molecule is CC(=O)Nc1ccc(NS(=O)(=O)c2ccc(C)c(C(=O)N3CCOCC3)c2)cc1. The monoisotopic (exact) mass is 417 g/mol. The molecule has 9 heteroatoms. The highest BCUT2D eigenvalue weighted by atomic mass is 32.2. The molecule has 29 heavy (non-hydrogen) atoms. The van der Waals surface area contributed by atoms with Gasteiger partial charge in [-0.2, -0.15) is 0 Å². The zero-order chi connectivity index (χ0) is 21.0. The van der Waals surface area contributed by atoms with Crippen molar-refractivity contribution in [2.75, 3.05) is 36.3 Å². The number of ether oxygens (including phenoxy) is 1. The molecular formula is C20H23N3O5S. The molecule has 0 aliphatic carbocycles. The smallest absolute Gasteiger partial charge is 0.261 e. The van der Waals surface area contributed by atoms with Gasteiger partial charge in [0.25, 0.3) is 15.9 Å². The molecule has 1 aliphatic rings. The van der Waals surface area contributed by atoms with Gasteiger partial charge in [-0.15, -0.1) is 0 Å². The van der Waals surface area contributed by atoms with E-state index < -0.39 is 10.0 Å². The Morgan fingerprint density at radius 3 is 2.24 bits per heavy atom. The molecule has 1 aliphatic heterocycles. The second kappa shape index (κ2) is 8.62. The van der Waals surface area contributed by atoms with Crippen molar-refractivity contribution in [3.05, 3.63) is 53.6 Å². The molecule has 0 spiro atoms. The molecule has 0 bridgehead atoms. The Bertz CT molecular complexity index is 1010. The van der Waals surface area contributed by atoms with E-state index in [9.17, 15) is 18.0 Å². The van der Waals surface area contributed by atoms with Gasteiger partial charge in [-0.3, -0.25) is 14.3 Å². The number of hydrogen-bond donors (Lipinski definition) is 2. The highest BCUT2D eigenvalue weighted by molar-refractivity contribution is 7.92. The van der Waals surface area contributed by atoms with Crippen LogP contribution in [0.3, 0.4) is 0 Å². The van der Waals surface area contributed by atoms with Crippen LogP contribution in [0.2, 0.25) is 0 Å². The number of carbonyl (C=O) groups is 2. The summed E-state index contributed by atoms with van der Waals surface area (Å²) in [4.78, 5) is 25.6. The molecule has 0 unspecified atom stereocenters. The summed E-state index contributed by atoms with van der Waals surface area (Å²) in [6.07, 6.45) is 0. The standard InChI is InChI=1S/C20H23N3O5S/c1-14-3-8-18(13-19(14)20(25)23-9-11-28-12-10-23)29(26,27)22-17-6-4-16(5-7-17)21-15(2)24/h3-8,13,22H,9-12H2,1-2H3,(H,21,24). The van der Waals surface area contributed by atoms with Gasteiger partial charge in [-0.25, -0.2) is 8.42 Å². The number of carbonyl (C=O) groups excluding carboxylic acids is 2. The average molecular weight is 417 g/mol. The number of morpholine rings is 1. The number of sulfonamides is 1. The first-order valence-corrected chi connectivity index (χ1v) is 10.6. The lowest BCUT2D eigenvalue weighted by Gasteiger charge is -2.27. The molecule has 2 N–H and O–H groups in total. The van der Waals surface area contributed by atoms with Crippen LogP contribution in [0.15, 0.2) is 47.4 Å². The number of aryl methyl sites for hydroxylation is 1. The highest BCUT2D eigenvalue weighted by Crippen LogP contribution is 2.22. The normalized spacial score (nSPS) is 14.3. The first-order valence-electron chi connectivity index (χ1n) is 9.14. The maximum Gasteiger partial charge on any atom is 0.261 e. The second-order valence-electron chi connectivity index (χ2n) is 6.75. The summed E-state index contributed by atoms with van der Waals surface area (Å²) >= 11 is 0. The summed E-state index contributed by atoms with van der Waals surface area (Å²) < 4.78 is 33.4. The van der Waals surface area contributed by atoms with E-state index in [-0.39, 0.29) is 16.7 Å². The molecule has 1 heterocycles. The van der Waals surface area contributed by atoms with Crippen LogP contribution < -0.4 is 10.0 Å². The number of hydrogen-bond acceptors (Lipinski definition) is 5. The number of nitrogens with one attached hydrogen (secondary N) is 2. The van der Waals surface area contributed by atoms with Crippen molar-refractivity contribution in [1.82, 2.24) is 4.90 Å². The van der Waals surface area contributed by atoms with Gasteiger partial charge in [0.2, 0.25) is 5.91 Å². The fraction of sp³-hybridized carbons (Fsp3) is 0.300. The van der Waals surface area contributed by atoms with Crippen molar-refractivity contribution in [3.8, 4) is 0 Å². The summed E-state index contributed by atoms with van der Waals surface area (Å²) in [7, 11) is -3.89. The van der Waals surface area contributed by atoms with Crippen LogP contribution in [-0.4, -0.2) is 51.4 Å². The summed E-state index contributed by atoms with van der Waals surface area (Å²) in [5.41, 5.74) is 1.98. The maximum atomic E-state index is 12.8. The van der Waals surface area contributed by atoms with E-state index in [4.69, 9.17) is 4.74 Å². The predicted octanol–water partition coefficient (Wildman–Crippen LogP) is 2.23. The van der Waals surface area contributed by atoms with Crippen LogP contribution in [0, 0.1) is 6.92 Å². The van der Waals surface area contributed by atoms with Crippen molar-refractivity contribution in [3.63, 3.8) is 0 Å². The van der Waals surface area contributed by atoms with Crippen LogP contribution in [0.4, 0.5) is 11.4 Å². The van der Waals surface area contributed by atoms with Gasteiger partial charge in [0.1, 0.15) is 0 Å².